The van der Waals surface area contributed by atoms with Crippen LogP contribution in [0.2, 0.25) is 0 Å². The Hall–Kier alpha value is -3.02. The summed E-state index contributed by atoms with van der Waals surface area (Å²) in [5.74, 6) is 1.34. The number of nitrogens with zero attached hydrogens (tertiary/aromatic N) is 1. The Bertz CT molecular complexity index is 923. The maximum Gasteiger partial charge on any atom is 0.253 e. The van der Waals surface area contributed by atoms with Gasteiger partial charge in [-0.05, 0) is 55.5 Å². The predicted octanol–water partition coefficient (Wildman–Crippen LogP) is 5.96. The minimum absolute atomic E-state index is 0.0308. The lowest BCUT2D eigenvalue weighted by Gasteiger charge is -2.30. The first-order chi connectivity index (χ1) is 16.5. The molecule has 2 amide bonds. The lowest BCUT2D eigenvalue weighted by Crippen LogP contribution is -2.37. The fourth-order valence-corrected chi connectivity index (χ4v) is 4.10. The van der Waals surface area contributed by atoms with Gasteiger partial charge in [-0.2, -0.15) is 0 Å². The smallest absolute Gasteiger partial charge is 0.253 e. The van der Waals surface area contributed by atoms with Gasteiger partial charge < -0.3 is 20.3 Å². The molecule has 0 atom stereocenters. The number of amides is 2. The summed E-state index contributed by atoms with van der Waals surface area (Å²) in [5, 5.41) is 6.04. The summed E-state index contributed by atoms with van der Waals surface area (Å²) < 4.78 is 5.84. The molecule has 1 heterocycles. The maximum atomic E-state index is 12.8. The zero-order chi connectivity index (χ0) is 24.2. The third kappa shape index (κ3) is 8.40. The molecule has 1 fully saturated rings. The van der Waals surface area contributed by atoms with Crippen LogP contribution >= 0.6 is 0 Å². The highest BCUT2D eigenvalue weighted by atomic mass is 16.5. The number of likely N-dealkylation sites (tertiary alicyclic amines) is 1. The number of hydrogen-bond acceptors (Lipinski definition) is 4. The van der Waals surface area contributed by atoms with Crippen LogP contribution in [0.3, 0.4) is 0 Å². The van der Waals surface area contributed by atoms with Crippen molar-refractivity contribution in [3.05, 3.63) is 54.1 Å². The molecule has 0 aliphatic carbocycles. The van der Waals surface area contributed by atoms with Gasteiger partial charge in [0.15, 0.2) is 0 Å². The fourth-order valence-electron chi connectivity index (χ4n) is 4.10. The van der Waals surface area contributed by atoms with Gasteiger partial charge in [0.2, 0.25) is 5.91 Å². The Morgan fingerprint density at radius 2 is 1.71 bits per heavy atom. The molecule has 2 aromatic rings. The molecule has 0 bridgehead atoms. The van der Waals surface area contributed by atoms with E-state index in [4.69, 9.17) is 4.74 Å². The van der Waals surface area contributed by atoms with Crippen molar-refractivity contribution in [3.8, 4) is 5.75 Å². The van der Waals surface area contributed by atoms with Gasteiger partial charge in [0.25, 0.3) is 5.91 Å². The zero-order valence-electron chi connectivity index (χ0n) is 20.6. The average Bonchev–Trinajstić information content (AvgIpc) is 2.85. The Morgan fingerprint density at radius 3 is 2.50 bits per heavy atom. The van der Waals surface area contributed by atoms with Gasteiger partial charge in [-0.1, -0.05) is 51.7 Å². The van der Waals surface area contributed by atoms with E-state index in [1.807, 2.05) is 47.4 Å². The predicted molar refractivity (Wildman–Crippen MR) is 139 cm³/mol. The second-order valence-electron chi connectivity index (χ2n) is 9.25. The van der Waals surface area contributed by atoms with Gasteiger partial charge in [0, 0.05) is 36.1 Å². The van der Waals surface area contributed by atoms with Crippen LogP contribution in [0.4, 0.5) is 11.4 Å². The summed E-state index contributed by atoms with van der Waals surface area (Å²) in [7, 11) is 0. The molecule has 34 heavy (non-hydrogen) atoms. The molecule has 2 aromatic carbocycles. The molecule has 1 aliphatic heterocycles. The summed E-state index contributed by atoms with van der Waals surface area (Å²) in [5.41, 5.74) is 2.07. The van der Waals surface area contributed by atoms with Crippen molar-refractivity contribution in [3.63, 3.8) is 0 Å². The highest BCUT2D eigenvalue weighted by Gasteiger charge is 2.21. The van der Waals surface area contributed by atoms with Crippen molar-refractivity contribution in [2.45, 2.75) is 58.8 Å². The summed E-state index contributed by atoms with van der Waals surface area (Å²) in [6, 6.07) is 14.9. The number of hydrogen-bond donors (Lipinski definition) is 2. The SMILES string of the molecule is CCCCCCCOc1cccc(NCC(=O)Nc2cccc(C(=O)N3CCC(C)CC3)c2)c1. The summed E-state index contributed by atoms with van der Waals surface area (Å²) in [6.45, 7) is 6.86. The number of carbonyl (C=O) groups is 2. The van der Waals surface area contributed by atoms with E-state index in [2.05, 4.69) is 24.5 Å². The number of ether oxygens (including phenoxy) is 1. The first-order valence-electron chi connectivity index (χ1n) is 12.7. The summed E-state index contributed by atoms with van der Waals surface area (Å²) in [4.78, 5) is 27.2. The van der Waals surface area contributed by atoms with Crippen LogP contribution in [-0.4, -0.2) is 43.0 Å². The van der Waals surface area contributed by atoms with Crippen molar-refractivity contribution >= 4 is 23.2 Å². The second-order valence-corrected chi connectivity index (χ2v) is 9.25. The van der Waals surface area contributed by atoms with Gasteiger partial charge in [-0.3, -0.25) is 9.59 Å². The van der Waals surface area contributed by atoms with Crippen LogP contribution in [0.15, 0.2) is 48.5 Å². The zero-order valence-corrected chi connectivity index (χ0v) is 20.6. The summed E-state index contributed by atoms with van der Waals surface area (Å²) >= 11 is 0. The van der Waals surface area contributed by atoms with Crippen molar-refractivity contribution in [2.24, 2.45) is 5.92 Å². The number of benzene rings is 2. The van der Waals surface area contributed by atoms with Crippen LogP contribution in [-0.2, 0) is 4.79 Å². The van der Waals surface area contributed by atoms with E-state index in [1.165, 1.54) is 25.7 Å². The molecule has 184 valence electrons. The van der Waals surface area contributed by atoms with Crippen LogP contribution in [0, 0.1) is 5.92 Å². The molecule has 0 aromatic heterocycles. The van der Waals surface area contributed by atoms with E-state index in [-0.39, 0.29) is 18.4 Å². The van der Waals surface area contributed by atoms with Crippen LogP contribution < -0.4 is 15.4 Å². The molecular formula is C28H39N3O3. The molecule has 0 radical (unpaired) electrons. The van der Waals surface area contributed by atoms with Gasteiger partial charge in [0.05, 0.1) is 13.2 Å². The van der Waals surface area contributed by atoms with Crippen LogP contribution in [0.5, 0.6) is 5.75 Å². The third-order valence-electron chi connectivity index (χ3n) is 6.27. The monoisotopic (exact) mass is 465 g/mol. The average molecular weight is 466 g/mol. The summed E-state index contributed by atoms with van der Waals surface area (Å²) in [6.07, 6.45) is 8.10. The molecule has 2 N–H and O–H groups in total. The number of piperidine rings is 1. The molecular weight excluding hydrogens is 426 g/mol. The van der Waals surface area contributed by atoms with E-state index >= 15 is 0 Å². The van der Waals surface area contributed by atoms with Crippen LogP contribution in [0.1, 0.15) is 69.2 Å². The van der Waals surface area contributed by atoms with Gasteiger partial charge in [0.1, 0.15) is 5.75 Å². The first-order valence-corrected chi connectivity index (χ1v) is 12.7. The van der Waals surface area contributed by atoms with Gasteiger partial charge in [-0.25, -0.2) is 0 Å². The lowest BCUT2D eigenvalue weighted by atomic mass is 9.98. The number of carbonyl (C=O) groups excluding carboxylic acids is 2. The fraction of sp³-hybridized carbons (Fsp3) is 0.500. The van der Waals surface area contributed by atoms with E-state index < -0.39 is 0 Å². The van der Waals surface area contributed by atoms with Crippen molar-refractivity contribution in [2.75, 3.05) is 36.9 Å². The number of unbranched alkanes of at least 4 members (excludes halogenated alkanes) is 4. The highest BCUT2D eigenvalue weighted by Crippen LogP contribution is 2.20. The standard InChI is InChI=1S/C28H39N3O3/c1-3-4-5-6-7-18-34-26-13-9-11-24(20-26)29-21-27(32)30-25-12-8-10-23(19-25)28(33)31-16-14-22(2)15-17-31/h8-13,19-20,22,29H,3-7,14-18,21H2,1-2H3,(H,30,32). The van der Waals surface area contributed by atoms with Crippen molar-refractivity contribution < 1.29 is 14.3 Å². The second kappa shape index (κ2) is 13.6. The Labute approximate surface area is 204 Å². The molecule has 6 heteroatoms. The lowest BCUT2D eigenvalue weighted by molar-refractivity contribution is -0.114. The minimum Gasteiger partial charge on any atom is -0.494 e. The number of anilines is 2. The molecule has 3 rings (SSSR count). The Morgan fingerprint density at radius 1 is 0.971 bits per heavy atom. The number of rotatable bonds is 12. The molecule has 0 spiro atoms. The van der Waals surface area contributed by atoms with E-state index in [0.29, 0.717) is 23.8 Å². The highest BCUT2D eigenvalue weighted by molar-refractivity contribution is 5.98. The van der Waals surface area contributed by atoms with Gasteiger partial charge in [-0.15, -0.1) is 0 Å². The Balaban J connectivity index is 1.44. The van der Waals surface area contributed by atoms with E-state index in [9.17, 15) is 9.59 Å². The van der Waals surface area contributed by atoms with Crippen LogP contribution in [0.25, 0.3) is 0 Å². The normalized spacial score (nSPS) is 14.0. The number of nitrogens with one attached hydrogen (secondary N) is 2. The molecule has 1 aliphatic rings. The molecule has 0 unspecified atom stereocenters. The van der Waals surface area contributed by atoms with Crippen molar-refractivity contribution in [1.82, 2.24) is 4.90 Å². The Kier molecular flexibility index (Phi) is 10.3. The maximum absolute atomic E-state index is 12.8. The van der Waals surface area contributed by atoms with Gasteiger partial charge >= 0.3 is 0 Å². The van der Waals surface area contributed by atoms with Crippen molar-refractivity contribution in [1.29, 1.82) is 0 Å². The molecule has 6 nitrogen and oxygen atoms in total. The van der Waals surface area contributed by atoms with E-state index in [0.717, 1.165) is 43.8 Å². The molecule has 0 saturated carbocycles. The van der Waals surface area contributed by atoms with E-state index in [1.54, 1.807) is 6.07 Å². The quantitative estimate of drug-likeness (QED) is 0.380. The topological polar surface area (TPSA) is 70.7 Å². The minimum atomic E-state index is -0.168. The first kappa shape index (κ1) is 25.6. The largest absolute Gasteiger partial charge is 0.494 e. The third-order valence-corrected chi connectivity index (χ3v) is 6.27. The molecule has 1 saturated heterocycles.